The molecule has 0 aliphatic carbocycles. The van der Waals surface area contributed by atoms with Gasteiger partial charge in [0.05, 0.1) is 0 Å². The van der Waals surface area contributed by atoms with Crippen LogP contribution in [-0.2, 0) is 0 Å². The van der Waals surface area contributed by atoms with E-state index in [2.05, 4.69) is 10.5 Å². The predicted octanol–water partition coefficient (Wildman–Crippen LogP) is 1.14. The highest BCUT2D eigenvalue weighted by Gasteiger charge is 1.81. The van der Waals surface area contributed by atoms with Crippen LogP contribution in [0.3, 0.4) is 0 Å². The standard InChI is InChI=1S/C3H5IN2O/c1-2-5-6-3(4)7/h2H,1H3,(H,6,7)/b5-2+. The van der Waals surface area contributed by atoms with Crippen LogP contribution in [0.2, 0.25) is 0 Å². The van der Waals surface area contributed by atoms with Gasteiger partial charge in [-0.1, -0.05) is 0 Å². The van der Waals surface area contributed by atoms with Crippen LogP contribution in [0.15, 0.2) is 5.10 Å². The van der Waals surface area contributed by atoms with Crippen LogP contribution in [0.1, 0.15) is 6.92 Å². The molecule has 7 heavy (non-hydrogen) atoms. The van der Waals surface area contributed by atoms with Crippen molar-refractivity contribution in [2.45, 2.75) is 6.92 Å². The normalized spacial score (nSPS) is 9.43. The summed E-state index contributed by atoms with van der Waals surface area (Å²) in [6.45, 7) is 1.73. The Hall–Kier alpha value is -0.130. The Morgan fingerprint density at radius 2 is 2.57 bits per heavy atom. The molecule has 0 aliphatic heterocycles. The topological polar surface area (TPSA) is 41.5 Å². The number of nitrogens with one attached hydrogen (secondary N) is 1. The van der Waals surface area contributed by atoms with E-state index in [-0.39, 0.29) is 3.91 Å². The van der Waals surface area contributed by atoms with Crippen molar-refractivity contribution >= 4 is 32.7 Å². The molecule has 0 aromatic carbocycles. The molecule has 0 atom stereocenters. The molecular weight excluding hydrogens is 207 g/mol. The predicted molar refractivity (Wildman–Crippen MR) is 36.7 cm³/mol. The zero-order valence-corrected chi connectivity index (χ0v) is 5.97. The monoisotopic (exact) mass is 212 g/mol. The summed E-state index contributed by atoms with van der Waals surface area (Å²) in [5.41, 5.74) is 2.21. The summed E-state index contributed by atoms with van der Waals surface area (Å²) >= 11 is 1.60. The highest BCUT2D eigenvalue weighted by atomic mass is 127. The number of halogens is 1. The van der Waals surface area contributed by atoms with Crippen molar-refractivity contribution in [3.8, 4) is 0 Å². The number of hydrogen-bond donors (Lipinski definition) is 1. The Morgan fingerprint density at radius 3 is 2.71 bits per heavy atom. The molecule has 0 unspecified atom stereocenters. The Balaban J connectivity index is 3.14. The second kappa shape index (κ2) is 4.04. The molecule has 0 saturated heterocycles. The van der Waals surface area contributed by atoms with Crippen LogP contribution in [0.25, 0.3) is 0 Å². The molecular formula is C3H5IN2O. The lowest BCUT2D eigenvalue weighted by atomic mass is 10.9. The molecule has 0 bridgehead atoms. The first-order valence-electron chi connectivity index (χ1n) is 1.70. The minimum Gasteiger partial charge on any atom is -0.261 e. The fourth-order valence-electron chi connectivity index (χ4n) is 0.115. The van der Waals surface area contributed by atoms with Gasteiger partial charge in [0.1, 0.15) is 0 Å². The van der Waals surface area contributed by atoms with Gasteiger partial charge in [0.25, 0.3) is 0 Å². The SMILES string of the molecule is C/C=N/NC(=O)I. The van der Waals surface area contributed by atoms with E-state index in [0.29, 0.717) is 0 Å². The van der Waals surface area contributed by atoms with Gasteiger partial charge in [-0.3, -0.25) is 4.79 Å². The third-order valence-electron chi connectivity index (χ3n) is 0.282. The fourth-order valence-corrected chi connectivity index (χ4v) is 0.255. The van der Waals surface area contributed by atoms with E-state index < -0.39 is 0 Å². The molecule has 0 aliphatic rings. The fraction of sp³-hybridized carbons (Fsp3) is 0.333. The molecule has 0 spiro atoms. The van der Waals surface area contributed by atoms with Gasteiger partial charge in [-0.05, 0) is 6.92 Å². The van der Waals surface area contributed by atoms with Gasteiger partial charge < -0.3 is 0 Å². The molecule has 40 valence electrons. The van der Waals surface area contributed by atoms with E-state index in [9.17, 15) is 4.79 Å². The van der Waals surface area contributed by atoms with Crippen molar-refractivity contribution in [3.63, 3.8) is 0 Å². The van der Waals surface area contributed by atoms with Crippen LogP contribution >= 0.6 is 22.6 Å². The Labute approximate surface area is 55.3 Å². The first-order chi connectivity index (χ1) is 3.27. The number of carbonyl (C=O) groups excluding carboxylic acids is 1. The molecule has 0 saturated carbocycles. The minimum absolute atomic E-state index is 0.171. The summed E-state index contributed by atoms with van der Waals surface area (Å²) in [5.74, 6) is 0. The van der Waals surface area contributed by atoms with E-state index in [1.54, 1.807) is 29.5 Å². The van der Waals surface area contributed by atoms with Gasteiger partial charge in [-0.25, -0.2) is 5.43 Å². The molecule has 0 radical (unpaired) electrons. The lowest BCUT2D eigenvalue weighted by molar-refractivity contribution is 0.263. The van der Waals surface area contributed by atoms with Crippen LogP contribution in [0.5, 0.6) is 0 Å². The molecule has 0 aromatic rings. The van der Waals surface area contributed by atoms with Crippen LogP contribution in [0.4, 0.5) is 4.79 Å². The van der Waals surface area contributed by atoms with Crippen molar-refractivity contribution in [2.24, 2.45) is 5.10 Å². The number of carbonyl (C=O) groups is 1. The van der Waals surface area contributed by atoms with Crippen molar-refractivity contribution < 1.29 is 4.79 Å². The van der Waals surface area contributed by atoms with E-state index in [1.165, 1.54) is 6.21 Å². The van der Waals surface area contributed by atoms with Crippen LogP contribution in [0, 0.1) is 0 Å². The summed E-state index contributed by atoms with van der Waals surface area (Å²) in [4.78, 5) is 9.96. The van der Waals surface area contributed by atoms with E-state index in [0.717, 1.165) is 0 Å². The molecule has 0 fully saturated rings. The van der Waals surface area contributed by atoms with Gasteiger partial charge in [0.15, 0.2) is 0 Å². The lowest BCUT2D eigenvalue weighted by Gasteiger charge is -1.82. The Bertz CT molecular complexity index is 90.9. The first kappa shape index (κ1) is 6.87. The maximum atomic E-state index is 9.96. The van der Waals surface area contributed by atoms with E-state index >= 15 is 0 Å². The summed E-state index contributed by atoms with van der Waals surface area (Å²) in [7, 11) is 0. The third kappa shape index (κ3) is 5.87. The van der Waals surface area contributed by atoms with Crippen molar-refractivity contribution in [3.05, 3.63) is 0 Å². The highest BCUT2D eigenvalue weighted by molar-refractivity contribution is 14.1. The summed E-state index contributed by atoms with van der Waals surface area (Å²) in [6.07, 6.45) is 1.51. The lowest BCUT2D eigenvalue weighted by Crippen LogP contribution is -2.05. The number of hydrogen-bond acceptors (Lipinski definition) is 2. The maximum absolute atomic E-state index is 9.96. The number of amides is 1. The summed E-state index contributed by atoms with van der Waals surface area (Å²) < 4.78 is -0.171. The average molecular weight is 212 g/mol. The Morgan fingerprint density at radius 1 is 2.00 bits per heavy atom. The van der Waals surface area contributed by atoms with Crippen molar-refractivity contribution in [1.82, 2.24) is 5.43 Å². The average Bonchev–Trinajstić information content (AvgIpc) is 1.61. The zero-order chi connectivity index (χ0) is 5.70. The first-order valence-corrected chi connectivity index (χ1v) is 2.78. The Kier molecular flexibility index (Phi) is 3.97. The van der Waals surface area contributed by atoms with E-state index in [1.807, 2.05) is 0 Å². The molecule has 1 amide bonds. The second-order valence-electron chi connectivity index (χ2n) is 0.773. The van der Waals surface area contributed by atoms with Gasteiger partial charge in [-0.2, -0.15) is 5.10 Å². The number of rotatable bonds is 1. The molecule has 3 nitrogen and oxygen atoms in total. The maximum Gasteiger partial charge on any atom is 0.300 e. The van der Waals surface area contributed by atoms with Gasteiger partial charge in [-0.15, -0.1) is 0 Å². The third-order valence-corrected chi connectivity index (χ3v) is 0.523. The molecule has 0 rings (SSSR count). The van der Waals surface area contributed by atoms with Crippen molar-refractivity contribution in [1.29, 1.82) is 0 Å². The van der Waals surface area contributed by atoms with Gasteiger partial charge >= 0.3 is 3.91 Å². The van der Waals surface area contributed by atoms with Gasteiger partial charge in [0.2, 0.25) is 0 Å². The highest BCUT2D eigenvalue weighted by Crippen LogP contribution is 1.79. The molecule has 0 heterocycles. The summed E-state index contributed by atoms with van der Waals surface area (Å²) in [6, 6.07) is 0. The van der Waals surface area contributed by atoms with Crippen molar-refractivity contribution in [2.75, 3.05) is 0 Å². The minimum atomic E-state index is -0.171. The number of nitrogens with zero attached hydrogens (tertiary/aromatic N) is 1. The van der Waals surface area contributed by atoms with Crippen LogP contribution in [-0.4, -0.2) is 10.1 Å². The smallest absolute Gasteiger partial charge is 0.261 e. The molecule has 1 N–H and O–H groups in total. The van der Waals surface area contributed by atoms with E-state index in [4.69, 9.17) is 0 Å². The second-order valence-corrected chi connectivity index (χ2v) is 1.75. The van der Waals surface area contributed by atoms with Gasteiger partial charge in [0, 0.05) is 28.8 Å². The molecule has 4 heteroatoms. The largest absolute Gasteiger partial charge is 0.300 e. The number of hydrazone groups is 1. The summed E-state index contributed by atoms with van der Waals surface area (Å²) in [5, 5.41) is 3.44. The zero-order valence-electron chi connectivity index (χ0n) is 3.81. The van der Waals surface area contributed by atoms with Crippen LogP contribution < -0.4 is 5.43 Å². The molecule has 0 aromatic heterocycles. The quantitative estimate of drug-likeness (QED) is 0.228.